The monoisotopic (exact) mass is 484 g/mol. The van der Waals surface area contributed by atoms with Gasteiger partial charge in [-0.3, -0.25) is 9.10 Å². The van der Waals surface area contributed by atoms with Gasteiger partial charge in [0.15, 0.2) is 11.5 Å². The summed E-state index contributed by atoms with van der Waals surface area (Å²) in [6.07, 6.45) is 0. The van der Waals surface area contributed by atoms with Crippen molar-refractivity contribution in [3.63, 3.8) is 0 Å². The first kappa shape index (κ1) is 24.9. The van der Waals surface area contributed by atoms with Crippen LogP contribution in [0.4, 0.5) is 5.69 Å². The second kappa shape index (κ2) is 10.9. The van der Waals surface area contributed by atoms with Crippen LogP contribution in [-0.2, 0) is 21.4 Å². The lowest BCUT2D eigenvalue weighted by atomic mass is 10.2. The summed E-state index contributed by atoms with van der Waals surface area (Å²) < 4.78 is 44.3. The Bertz CT molecular complexity index is 1230. The fourth-order valence-corrected chi connectivity index (χ4v) is 4.86. The van der Waals surface area contributed by atoms with E-state index in [1.54, 1.807) is 44.5 Å². The molecule has 8 nitrogen and oxygen atoms in total. The molecule has 0 bridgehead atoms. The van der Waals surface area contributed by atoms with Gasteiger partial charge in [-0.1, -0.05) is 36.4 Å². The highest BCUT2D eigenvalue weighted by molar-refractivity contribution is 7.92. The van der Waals surface area contributed by atoms with E-state index in [2.05, 4.69) is 0 Å². The Hall–Kier alpha value is -3.72. The first-order chi connectivity index (χ1) is 16.3. The largest absolute Gasteiger partial charge is 0.496 e. The number of amides is 1. The number of anilines is 1. The number of para-hydroxylation sites is 2. The zero-order valence-corrected chi connectivity index (χ0v) is 20.4. The SMILES string of the molecule is COc1ccccc1CN(C)C(=O)CN(c1ccccc1)S(=O)(=O)c1ccc(OC)c(OC)c1. The number of carbonyl (C=O) groups is 1. The average molecular weight is 485 g/mol. The molecule has 3 aromatic carbocycles. The lowest BCUT2D eigenvalue weighted by molar-refractivity contribution is -0.128. The summed E-state index contributed by atoms with van der Waals surface area (Å²) >= 11 is 0. The summed E-state index contributed by atoms with van der Waals surface area (Å²) in [4.78, 5) is 14.6. The molecule has 0 aromatic heterocycles. The van der Waals surface area contributed by atoms with E-state index in [0.717, 1.165) is 9.87 Å². The van der Waals surface area contributed by atoms with Crippen LogP contribution in [0.2, 0.25) is 0 Å². The van der Waals surface area contributed by atoms with Gasteiger partial charge in [0.25, 0.3) is 10.0 Å². The number of methoxy groups -OCH3 is 3. The zero-order valence-electron chi connectivity index (χ0n) is 19.6. The molecule has 0 saturated carbocycles. The molecule has 0 heterocycles. The Morgan fingerprint density at radius 1 is 0.794 bits per heavy atom. The fourth-order valence-electron chi connectivity index (χ4n) is 3.43. The Morgan fingerprint density at radius 3 is 2.06 bits per heavy atom. The summed E-state index contributed by atoms with van der Waals surface area (Å²) in [7, 11) is 1.99. The topological polar surface area (TPSA) is 85.4 Å². The van der Waals surface area contributed by atoms with Gasteiger partial charge in [0.05, 0.1) is 31.9 Å². The van der Waals surface area contributed by atoms with E-state index in [4.69, 9.17) is 14.2 Å². The minimum absolute atomic E-state index is 0.0193. The molecule has 0 N–H and O–H groups in total. The van der Waals surface area contributed by atoms with Gasteiger partial charge in [-0.05, 0) is 30.3 Å². The second-order valence-corrected chi connectivity index (χ2v) is 9.29. The number of hydrogen-bond donors (Lipinski definition) is 0. The predicted molar refractivity (Wildman–Crippen MR) is 130 cm³/mol. The summed E-state index contributed by atoms with van der Waals surface area (Å²) in [5, 5.41) is 0. The number of likely N-dealkylation sites (N-methyl/N-ethyl adjacent to an activating group) is 1. The van der Waals surface area contributed by atoms with Crippen molar-refractivity contribution in [2.24, 2.45) is 0 Å². The number of benzene rings is 3. The van der Waals surface area contributed by atoms with Crippen LogP contribution in [0.15, 0.2) is 77.7 Å². The molecule has 3 aromatic rings. The van der Waals surface area contributed by atoms with Crippen molar-refractivity contribution in [1.82, 2.24) is 4.90 Å². The van der Waals surface area contributed by atoms with E-state index in [-0.39, 0.29) is 29.6 Å². The number of sulfonamides is 1. The third kappa shape index (κ3) is 5.43. The second-order valence-electron chi connectivity index (χ2n) is 7.43. The van der Waals surface area contributed by atoms with Gasteiger partial charge in [0.2, 0.25) is 5.91 Å². The maximum atomic E-state index is 13.7. The van der Waals surface area contributed by atoms with Crippen molar-refractivity contribution in [3.05, 3.63) is 78.4 Å². The van der Waals surface area contributed by atoms with Gasteiger partial charge in [-0.15, -0.1) is 0 Å². The molecule has 0 atom stereocenters. The smallest absolute Gasteiger partial charge is 0.264 e. The van der Waals surface area contributed by atoms with Crippen LogP contribution in [0.5, 0.6) is 17.2 Å². The third-order valence-corrected chi connectivity index (χ3v) is 7.06. The van der Waals surface area contributed by atoms with Crippen LogP contribution in [0.1, 0.15) is 5.56 Å². The van der Waals surface area contributed by atoms with Crippen LogP contribution in [0.3, 0.4) is 0 Å². The van der Waals surface area contributed by atoms with Crippen LogP contribution in [0.25, 0.3) is 0 Å². The van der Waals surface area contributed by atoms with Crippen LogP contribution in [-0.4, -0.2) is 54.1 Å². The lowest BCUT2D eigenvalue weighted by Crippen LogP contribution is -2.41. The number of hydrogen-bond acceptors (Lipinski definition) is 6. The minimum Gasteiger partial charge on any atom is -0.496 e. The van der Waals surface area contributed by atoms with Gasteiger partial charge in [-0.2, -0.15) is 0 Å². The standard InChI is InChI=1S/C25H28N2O6S/c1-26(17-19-10-8-9-13-22(19)31-2)25(28)18-27(20-11-6-5-7-12-20)34(29,30)21-14-15-23(32-3)24(16-21)33-4/h5-16H,17-18H2,1-4H3. The van der Waals surface area contributed by atoms with Crippen LogP contribution in [0, 0.1) is 0 Å². The van der Waals surface area contributed by atoms with Crippen molar-refractivity contribution in [2.75, 3.05) is 39.2 Å². The van der Waals surface area contributed by atoms with E-state index in [0.29, 0.717) is 17.2 Å². The summed E-state index contributed by atoms with van der Waals surface area (Å²) in [6.45, 7) is -0.117. The highest BCUT2D eigenvalue weighted by atomic mass is 32.2. The van der Waals surface area contributed by atoms with Crippen molar-refractivity contribution < 1.29 is 27.4 Å². The molecule has 180 valence electrons. The van der Waals surface area contributed by atoms with Crippen molar-refractivity contribution >= 4 is 21.6 Å². The van der Waals surface area contributed by atoms with Gasteiger partial charge in [-0.25, -0.2) is 8.42 Å². The third-order valence-electron chi connectivity index (χ3n) is 5.29. The van der Waals surface area contributed by atoms with E-state index < -0.39 is 10.0 Å². The zero-order chi connectivity index (χ0) is 24.7. The molecule has 0 saturated heterocycles. The molecule has 0 aliphatic rings. The molecule has 0 spiro atoms. The highest BCUT2D eigenvalue weighted by Gasteiger charge is 2.29. The minimum atomic E-state index is -4.10. The first-order valence-electron chi connectivity index (χ1n) is 10.5. The summed E-state index contributed by atoms with van der Waals surface area (Å²) in [5.41, 5.74) is 1.19. The van der Waals surface area contributed by atoms with Gasteiger partial charge < -0.3 is 19.1 Å². The molecule has 3 rings (SSSR count). The molecule has 0 unspecified atom stereocenters. The molecule has 1 amide bonds. The molecule has 0 aliphatic heterocycles. The predicted octanol–water partition coefficient (Wildman–Crippen LogP) is 3.57. The van der Waals surface area contributed by atoms with E-state index in [1.165, 1.54) is 37.3 Å². The molecule has 9 heteroatoms. The van der Waals surface area contributed by atoms with Gasteiger partial charge >= 0.3 is 0 Å². The normalized spacial score (nSPS) is 10.9. The van der Waals surface area contributed by atoms with Gasteiger partial charge in [0, 0.05) is 25.2 Å². The number of nitrogens with zero attached hydrogens (tertiary/aromatic N) is 2. The highest BCUT2D eigenvalue weighted by Crippen LogP contribution is 2.32. The quantitative estimate of drug-likeness (QED) is 0.437. The van der Waals surface area contributed by atoms with E-state index in [1.807, 2.05) is 24.3 Å². The maximum absolute atomic E-state index is 13.7. The lowest BCUT2D eigenvalue weighted by Gasteiger charge is -2.27. The van der Waals surface area contributed by atoms with Gasteiger partial charge in [0.1, 0.15) is 12.3 Å². The Morgan fingerprint density at radius 2 is 1.41 bits per heavy atom. The summed E-state index contributed by atoms with van der Waals surface area (Å²) in [6, 6.07) is 20.2. The fraction of sp³-hybridized carbons (Fsp3) is 0.240. The molecular weight excluding hydrogens is 456 g/mol. The van der Waals surface area contributed by atoms with Crippen LogP contribution < -0.4 is 18.5 Å². The number of carbonyl (C=O) groups excluding carboxylic acids is 1. The summed E-state index contributed by atoms with van der Waals surface area (Å²) in [5.74, 6) is 0.954. The average Bonchev–Trinajstić information content (AvgIpc) is 2.87. The first-order valence-corrected chi connectivity index (χ1v) is 11.9. The van der Waals surface area contributed by atoms with E-state index in [9.17, 15) is 13.2 Å². The molecule has 0 fully saturated rings. The van der Waals surface area contributed by atoms with Crippen molar-refractivity contribution in [3.8, 4) is 17.2 Å². The Kier molecular flexibility index (Phi) is 8.01. The molecular formula is C25H28N2O6S. The molecule has 34 heavy (non-hydrogen) atoms. The van der Waals surface area contributed by atoms with Crippen molar-refractivity contribution in [1.29, 1.82) is 0 Å². The molecule has 0 radical (unpaired) electrons. The maximum Gasteiger partial charge on any atom is 0.264 e. The number of rotatable bonds is 10. The molecule has 0 aliphatic carbocycles. The number of ether oxygens (including phenoxy) is 3. The van der Waals surface area contributed by atoms with Crippen LogP contribution >= 0.6 is 0 Å². The Balaban J connectivity index is 1.93. The Labute approximate surface area is 200 Å². The van der Waals surface area contributed by atoms with Crippen molar-refractivity contribution in [2.45, 2.75) is 11.4 Å². The van der Waals surface area contributed by atoms with E-state index >= 15 is 0 Å².